The van der Waals surface area contributed by atoms with Gasteiger partial charge in [-0.2, -0.15) is 0 Å². The molecule has 0 amide bonds. The zero-order valence-electron chi connectivity index (χ0n) is 34.3. The quantitative estimate of drug-likeness (QED) is 0.0367. The molecule has 0 spiro atoms. The number of ether oxygens (including phenoxy) is 4. The number of rotatable bonds is 28. The molecule has 6 rings (SSSR count). The molecule has 0 bridgehead atoms. The third-order valence-corrected chi connectivity index (χ3v) is 9.65. The lowest BCUT2D eigenvalue weighted by Crippen LogP contribution is -2.26. The highest BCUT2D eigenvalue weighted by atomic mass is 16.5. The van der Waals surface area contributed by atoms with Gasteiger partial charge in [0.2, 0.25) is 0 Å². The minimum atomic E-state index is 0.518. The zero-order valence-corrected chi connectivity index (χ0v) is 34.3. The van der Waals surface area contributed by atoms with Crippen LogP contribution in [0, 0.1) is 0 Å². The van der Waals surface area contributed by atoms with Gasteiger partial charge >= 0.3 is 0 Å². The fraction of sp³-hybridized carbons (Fsp3) is 0.294. The van der Waals surface area contributed by atoms with E-state index in [9.17, 15) is 0 Å². The SMILES string of the molecule is c1ccc(COc2cc(CNCCCNCCCNCCCNCc3cc(OCc4ccccc4)cc(OCc4ccccc4)c3)cc(OCc3ccccc3)c2)cc1. The van der Waals surface area contributed by atoms with Crippen LogP contribution in [0.3, 0.4) is 0 Å². The van der Waals surface area contributed by atoms with Gasteiger partial charge in [0.05, 0.1) is 0 Å². The molecule has 0 saturated heterocycles. The highest BCUT2D eigenvalue weighted by molar-refractivity contribution is 5.40. The molecule has 0 aliphatic rings. The summed E-state index contributed by atoms with van der Waals surface area (Å²) in [5.74, 6) is 3.25. The van der Waals surface area contributed by atoms with Gasteiger partial charge in [-0.05, 0) is 116 Å². The molecule has 0 atom stereocenters. The van der Waals surface area contributed by atoms with Gasteiger partial charge in [0, 0.05) is 25.2 Å². The second-order valence-electron chi connectivity index (χ2n) is 14.6. The van der Waals surface area contributed by atoms with Crippen LogP contribution >= 0.6 is 0 Å². The summed E-state index contributed by atoms with van der Waals surface area (Å²) in [7, 11) is 0. The van der Waals surface area contributed by atoms with E-state index in [1.54, 1.807) is 0 Å². The van der Waals surface area contributed by atoms with Crippen LogP contribution in [-0.4, -0.2) is 39.3 Å². The molecule has 0 fully saturated rings. The Morgan fingerprint density at radius 3 is 0.797 bits per heavy atom. The number of nitrogens with one attached hydrogen (secondary N) is 4. The Balaban J connectivity index is 0.816. The molecule has 0 unspecified atom stereocenters. The summed E-state index contributed by atoms with van der Waals surface area (Å²) in [6, 6.07) is 53.4. The van der Waals surface area contributed by atoms with E-state index in [0.29, 0.717) is 26.4 Å². The predicted molar refractivity (Wildman–Crippen MR) is 239 cm³/mol. The van der Waals surface area contributed by atoms with Crippen molar-refractivity contribution in [1.29, 1.82) is 0 Å². The van der Waals surface area contributed by atoms with Crippen LogP contribution in [0.2, 0.25) is 0 Å². The summed E-state index contributed by atoms with van der Waals surface area (Å²) < 4.78 is 24.7. The minimum Gasteiger partial charge on any atom is -0.489 e. The molecule has 0 aliphatic carbocycles. The summed E-state index contributed by atoms with van der Waals surface area (Å²) >= 11 is 0. The fourth-order valence-electron chi connectivity index (χ4n) is 6.49. The standard InChI is InChI=1S/C51H60N4O4/c1-5-16-42(17-6-1)38-56-48-30-46(31-49(34-48)57-39-43-18-7-2-8-19-43)36-54-28-14-26-52-24-13-25-53-27-15-29-55-37-47-32-50(58-40-44-20-9-3-10-21-44)35-51(33-47)59-41-45-22-11-4-12-23-45/h1-12,16-23,30-35,52-55H,13-15,24-29,36-41H2. The molecule has 308 valence electrons. The van der Waals surface area contributed by atoms with Crippen molar-refractivity contribution in [3.05, 3.63) is 191 Å². The van der Waals surface area contributed by atoms with Crippen molar-refractivity contribution in [3.63, 3.8) is 0 Å². The molecule has 0 saturated carbocycles. The van der Waals surface area contributed by atoms with E-state index in [1.807, 2.05) is 84.9 Å². The van der Waals surface area contributed by atoms with Crippen molar-refractivity contribution in [1.82, 2.24) is 21.3 Å². The van der Waals surface area contributed by atoms with Crippen molar-refractivity contribution < 1.29 is 18.9 Å². The highest BCUT2D eigenvalue weighted by Gasteiger charge is 2.07. The molecule has 4 N–H and O–H groups in total. The Labute approximate surface area is 351 Å². The van der Waals surface area contributed by atoms with E-state index in [4.69, 9.17) is 18.9 Å². The largest absolute Gasteiger partial charge is 0.489 e. The lowest BCUT2D eigenvalue weighted by atomic mass is 10.2. The monoisotopic (exact) mass is 792 g/mol. The van der Waals surface area contributed by atoms with Crippen molar-refractivity contribution >= 4 is 0 Å². The molecule has 8 nitrogen and oxygen atoms in total. The van der Waals surface area contributed by atoms with Crippen molar-refractivity contribution in [2.24, 2.45) is 0 Å². The number of hydrogen-bond acceptors (Lipinski definition) is 8. The molecular formula is C51H60N4O4. The average Bonchev–Trinajstić information content (AvgIpc) is 3.29. The van der Waals surface area contributed by atoms with Crippen LogP contribution in [-0.2, 0) is 39.5 Å². The summed E-state index contributed by atoms with van der Waals surface area (Å²) in [6.07, 6.45) is 3.22. The van der Waals surface area contributed by atoms with Crippen LogP contribution in [0.4, 0.5) is 0 Å². The second-order valence-corrected chi connectivity index (χ2v) is 14.6. The van der Waals surface area contributed by atoms with Crippen molar-refractivity contribution in [2.45, 2.75) is 58.8 Å². The average molecular weight is 793 g/mol. The van der Waals surface area contributed by atoms with Gasteiger partial charge in [0.25, 0.3) is 0 Å². The molecule has 0 aliphatic heterocycles. The van der Waals surface area contributed by atoms with Crippen LogP contribution in [0.15, 0.2) is 158 Å². The third kappa shape index (κ3) is 17.0. The molecule has 6 aromatic rings. The van der Waals surface area contributed by atoms with Crippen LogP contribution in [0.5, 0.6) is 23.0 Å². The van der Waals surface area contributed by atoms with Gasteiger partial charge in [-0.3, -0.25) is 0 Å². The Morgan fingerprint density at radius 1 is 0.271 bits per heavy atom. The minimum absolute atomic E-state index is 0.518. The first-order valence-electron chi connectivity index (χ1n) is 21.0. The normalized spacial score (nSPS) is 11.0. The molecule has 6 aromatic carbocycles. The van der Waals surface area contributed by atoms with E-state index in [0.717, 1.165) is 128 Å². The number of benzene rings is 6. The summed E-state index contributed by atoms with van der Waals surface area (Å²) in [5.41, 5.74) is 6.84. The lowest BCUT2D eigenvalue weighted by Gasteiger charge is -2.14. The Hall–Kier alpha value is -5.64. The molecule has 59 heavy (non-hydrogen) atoms. The topological polar surface area (TPSA) is 85.0 Å². The Morgan fingerprint density at radius 2 is 0.525 bits per heavy atom. The highest BCUT2D eigenvalue weighted by Crippen LogP contribution is 2.26. The van der Waals surface area contributed by atoms with Crippen LogP contribution in [0.25, 0.3) is 0 Å². The summed E-state index contributed by atoms with van der Waals surface area (Å²) in [6.45, 7) is 9.42. The molecule has 0 radical (unpaired) electrons. The summed E-state index contributed by atoms with van der Waals surface area (Å²) in [4.78, 5) is 0. The fourth-order valence-corrected chi connectivity index (χ4v) is 6.49. The number of hydrogen-bond donors (Lipinski definition) is 4. The first-order chi connectivity index (χ1) is 29.2. The van der Waals surface area contributed by atoms with Crippen molar-refractivity contribution in [2.75, 3.05) is 39.3 Å². The van der Waals surface area contributed by atoms with Gasteiger partial charge in [-0.25, -0.2) is 0 Å². The summed E-state index contributed by atoms with van der Waals surface area (Å²) in [5, 5.41) is 14.4. The van der Waals surface area contributed by atoms with E-state index in [2.05, 4.69) is 94.1 Å². The van der Waals surface area contributed by atoms with E-state index < -0.39 is 0 Å². The van der Waals surface area contributed by atoms with E-state index in [1.165, 1.54) is 0 Å². The van der Waals surface area contributed by atoms with Gasteiger partial charge in [-0.15, -0.1) is 0 Å². The second kappa shape index (κ2) is 25.7. The van der Waals surface area contributed by atoms with E-state index >= 15 is 0 Å². The molecule has 8 heteroatoms. The van der Waals surface area contributed by atoms with Gasteiger partial charge in [0.1, 0.15) is 49.4 Å². The van der Waals surface area contributed by atoms with Gasteiger partial charge in [-0.1, -0.05) is 121 Å². The Bertz CT molecular complexity index is 1750. The van der Waals surface area contributed by atoms with E-state index in [-0.39, 0.29) is 0 Å². The lowest BCUT2D eigenvalue weighted by molar-refractivity contribution is 0.289. The Kier molecular flexibility index (Phi) is 18.7. The zero-order chi connectivity index (χ0) is 40.4. The molecule has 0 aromatic heterocycles. The van der Waals surface area contributed by atoms with Gasteiger partial charge < -0.3 is 40.2 Å². The third-order valence-electron chi connectivity index (χ3n) is 9.65. The maximum atomic E-state index is 6.18. The van der Waals surface area contributed by atoms with Crippen molar-refractivity contribution in [3.8, 4) is 23.0 Å². The van der Waals surface area contributed by atoms with Crippen LogP contribution < -0.4 is 40.2 Å². The van der Waals surface area contributed by atoms with Gasteiger partial charge in [0.15, 0.2) is 0 Å². The molecule has 0 heterocycles. The smallest absolute Gasteiger partial charge is 0.123 e. The molecular weight excluding hydrogens is 733 g/mol. The predicted octanol–water partition coefficient (Wildman–Crippen LogP) is 9.23. The first kappa shape index (κ1) is 43.0. The maximum Gasteiger partial charge on any atom is 0.123 e. The first-order valence-corrected chi connectivity index (χ1v) is 21.0. The maximum absolute atomic E-state index is 6.18. The van der Waals surface area contributed by atoms with Crippen LogP contribution in [0.1, 0.15) is 52.6 Å².